The van der Waals surface area contributed by atoms with Gasteiger partial charge in [0.05, 0.1) is 35.1 Å². The average Bonchev–Trinajstić information content (AvgIpc) is 2.84. The van der Waals surface area contributed by atoms with Gasteiger partial charge in [0.15, 0.2) is 9.84 Å². The zero-order valence-corrected chi connectivity index (χ0v) is 20.3. The van der Waals surface area contributed by atoms with Crippen molar-refractivity contribution >= 4 is 15.7 Å². The van der Waals surface area contributed by atoms with Gasteiger partial charge in [0.2, 0.25) is 0 Å². The van der Waals surface area contributed by atoms with Crippen LogP contribution in [0.3, 0.4) is 0 Å². The summed E-state index contributed by atoms with van der Waals surface area (Å²) in [5.41, 5.74) is 4.00. The van der Waals surface area contributed by atoms with Gasteiger partial charge >= 0.3 is 0 Å². The van der Waals surface area contributed by atoms with Crippen molar-refractivity contribution in [1.29, 1.82) is 0 Å². The molecule has 2 aromatic carbocycles. The third kappa shape index (κ3) is 5.70. The first-order valence-electron chi connectivity index (χ1n) is 11.3. The van der Waals surface area contributed by atoms with E-state index in [-0.39, 0.29) is 10.8 Å². The lowest BCUT2D eigenvalue weighted by molar-refractivity contribution is 0.0383. The number of aryl methyl sites for hydroxylation is 1. The number of pyridine rings is 1. The fraction of sp³-hybridized carbons (Fsp3) is 0.308. The van der Waals surface area contributed by atoms with Gasteiger partial charge in [-0.2, -0.15) is 0 Å². The Morgan fingerprint density at radius 3 is 2.44 bits per heavy atom. The second-order valence-corrected chi connectivity index (χ2v) is 10.4. The molecule has 1 aromatic heterocycles. The van der Waals surface area contributed by atoms with Crippen molar-refractivity contribution in [1.82, 2.24) is 15.2 Å². The summed E-state index contributed by atoms with van der Waals surface area (Å²) in [7, 11) is -3.40. The van der Waals surface area contributed by atoms with Crippen LogP contribution in [0.5, 0.6) is 0 Å². The molecule has 0 spiro atoms. The molecule has 1 saturated heterocycles. The van der Waals surface area contributed by atoms with E-state index in [1.165, 1.54) is 6.26 Å². The van der Waals surface area contributed by atoms with Gasteiger partial charge in [0.25, 0.3) is 5.91 Å². The molecule has 7 nitrogen and oxygen atoms in total. The van der Waals surface area contributed by atoms with E-state index >= 15 is 0 Å². The van der Waals surface area contributed by atoms with Crippen LogP contribution in [0.1, 0.15) is 16.1 Å². The maximum atomic E-state index is 13.3. The first-order chi connectivity index (χ1) is 16.3. The van der Waals surface area contributed by atoms with Crippen LogP contribution in [0.2, 0.25) is 0 Å². The molecule has 0 bridgehead atoms. The fourth-order valence-corrected chi connectivity index (χ4v) is 4.75. The molecule has 1 aliphatic heterocycles. The van der Waals surface area contributed by atoms with Gasteiger partial charge in [-0.15, -0.1) is 0 Å². The van der Waals surface area contributed by atoms with Crippen LogP contribution in [-0.2, 0) is 14.6 Å². The lowest BCUT2D eigenvalue weighted by Gasteiger charge is -2.26. The Bertz CT molecular complexity index is 1270. The van der Waals surface area contributed by atoms with Crippen molar-refractivity contribution in [3.05, 3.63) is 71.9 Å². The van der Waals surface area contributed by atoms with Crippen LogP contribution in [0.4, 0.5) is 0 Å². The normalized spacial score (nSPS) is 14.6. The molecule has 1 N–H and O–H groups in total. The van der Waals surface area contributed by atoms with E-state index in [0.29, 0.717) is 42.1 Å². The van der Waals surface area contributed by atoms with Crippen LogP contribution in [0.25, 0.3) is 22.4 Å². The van der Waals surface area contributed by atoms with E-state index in [1.54, 1.807) is 18.2 Å². The Labute approximate surface area is 200 Å². The minimum atomic E-state index is -3.40. The number of aromatic nitrogens is 1. The number of ether oxygens (including phenoxy) is 1. The first-order valence-corrected chi connectivity index (χ1v) is 13.2. The molecule has 2 heterocycles. The molecule has 3 aromatic rings. The lowest BCUT2D eigenvalue weighted by atomic mass is 9.96. The molecule has 1 amide bonds. The van der Waals surface area contributed by atoms with E-state index in [0.717, 1.165) is 30.9 Å². The molecule has 0 unspecified atom stereocenters. The van der Waals surface area contributed by atoms with Crippen molar-refractivity contribution in [2.75, 3.05) is 45.6 Å². The Balaban J connectivity index is 1.71. The summed E-state index contributed by atoms with van der Waals surface area (Å²) in [6, 6.07) is 18.3. The number of nitrogens with zero attached hydrogens (tertiary/aromatic N) is 2. The number of rotatable bonds is 7. The summed E-state index contributed by atoms with van der Waals surface area (Å²) >= 11 is 0. The maximum Gasteiger partial charge on any atom is 0.253 e. The quantitative estimate of drug-likeness (QED) is 0.560. The zero-order chi connectivity index (χ0) is 24.1. The van der Waals surface area contributed by atoms with Crippen LogP contribution in [0.15, 0.2) is 65.6 Å². The maximum absolute atomic E-state index is 13.3. The number of hydrogen-bond donors (Lipinski definition) is 1. The van der Waals surface area contributed by atoms with Gasteiger partial charge in [-0.25, -0.2) is 8.42 Å². The van der Waals surface area contributed by atoms with Crippen molar-refractivity contribution < 1.29 is 17.9 Å². The highest BCUT2D eigenvalue weighted by Crippen LogP contribution is 2.31. The van der Waals surface area contributed by atoms with Crippen molar-refractivity contribution in [3.63, 3.8) is 0 Å². The van der Waals surface area contributed by atoms with Crippen LogP contribution >= 0.6 is 0 Å². The summed E-state index contributed by atoms with van der Waals surface area (Å²) in [6.07, 6.45) is 1.18. The zero-order valence-electron chi connectivity index (χ0n) is 19.5. The molecular weight excluding hydrogens is 450 g/mol. The summed E-state index contributed by atoms with van der Waals surface area (Å²) in [4.78, 5) is 20.5. The molecule has 178 valence electrons. The molecule has 34 heavy (non-hydrogen) atoms. The Morgan fingerprint density at radius 1 is 1.03 bits per heavy atom. The van der Waals surface area contributed by atoms with Crippen LogP contribution < -0.4 is 5.32 Å². The molecule has 0 aliphatic carbocycles. The number of morpholine rings is 1. The number of carbonyl (C=O) groups is 1. The SMILES string of the molecule is Cc1nc(-c2ccccc2)cc(-c2cccc(S(C)(=O)=O)c2)c1C(=O)NCCN1CCOCC1. The highest BCUT2D eigenvalue weighted by molar-refractivity contribution is 7.90. The van der Waals surface area contributed by atoms with E-state index < -0.39 is 9.84 Å². The van der Waals surface area contributed by atoms with E-state index in [4.69, 9.17) is 9.72 Å². The van der Waals surface area contributed by atoms with Gasteiger partial charge in [0.1, 0.15) is 0 Å². The van der Waals surface area contributed by atoms with Crippen LogP contribution in [-0.4, -0.2) is 69.9 Å². The Kier molecular flexibility index (Phi) is 7.41. The molecule has 0 saturated carbocycles. The van der Waals surface area contributed by atoms with Crippen molar-refractivity contribution in [2.24, 2.45) is 0 Å². The minimum absolute atomic E-state index is 0.208. The third-order valence-corrected chi connectivity index (χ3v) is 7.00. The van der Waals surface area contributed by atoms with Crippen molar-refractivity contribution in [2.45, 2.75) is 11.8 Å². The van der Waals surface area contributed by atoms with Crippen molar-refractivity contribution in [3.8, 4) is 22.4 Å². The standard InChI is InChI=1S/C26H29N3O4S/c1-19-25(26(30)27-11-12-29-13-15-33-16-14-29)23(18-24(28-19)20-7-4-3-5-8-20)21-9-6-10-22(17-21)34(2,31)32/h3-10,17-18H,11-16H2,1-2H3,(H,27,30). The molecule has 8 heteroatoms. The summed E-state index contributed by atoms with van der Waals surface area (Å²) in [5.74, 6) is -0.224. The predicted octanol–water partition coefficient (Wildman–Crippen LogP) is 3.19. The molecular formula is C26H29N3O4S. The number of nitrogens with one attached hydrogen (secondary N) is 1. The fourth-order valence-electron chi connectivity index (χ4n) is 4.08. The first kappa shape index (κ1) is 24.1. The molecule has 1 fully saturated rings. The van der Waals surface area contributed by atoms with Gasteiger partial charge in [-0.05, 0) is 36.2 Å². The predicted molar refractivity (Wildman–Crippen MR) is 133 cm³/mol. The topological polar surface area (TPSA) is 88.6 Å². The Morgan fingerprint density at radius 2 is 1.74 bits per heavy atom. The number of hydrogen-bond acceptors (Lipinski definition) is 6. The number of benzene rings is 2. The molecule has 0 radical (unpaired) electrons. The molecule has 4 rings (SSSR count). The summed E-state index contributed by atoms with van der Waals surface area (Å²) in [5, 5.41) is 3.02. The van der Waals surface area contributed by atoms with Crippen LogP contribution in [0, 0.1) is 6.92 Å². The second kappa shape index (κ2) is 10.5. The molecule has 0 atom stereocenters. The molecule has 1 aliphatic rings. The lowest BCUT2D eigenvalue weighted by Crippen LogP contribution is -2.41. The van der Waals surface area contributed by atoms with Gasteiger partial charge in [0, 0.05) is 38.0 Å². The monoisotopic (exact) mass is 479 g/mol. The minimum Gasteiger partial charge on any atom is -0.379 e. The highest BCUT2D eigenvalue weighted by Gasteiger charge is 2.20. The summed E-state index contributed by atoms with van der Waals surface area (Å²) < 4.78 is 29.7. The Hall–Kier alpha value is -3.07. The summed E-state index contributed by atoms with van der Waals surface area (Å²) in [6.45, 7) is 6.17. The third-order valence-electron chi connectivity index (χ3n) is 5.89. The smallest absolute Gasteiger partial charge is 0.253 e. The highest BCUT2D eigenvalue weighted by atomic mass is 32.2. The second-order valence-electron chi connectivity index (χ2n) is 8.39. The van der Waals surface area contributed by atoms with E-state index in [9.17, 15) is 13.2 Å². The largest absolute Gasteiger partial charge is 0.379 e. The van der Waals surface area contributed by atoms with Gasteiger partial charge in [-0.3, -0.25) is 14.7 Å². The number of amides is 1. The van der Waals surface area contributed by atoms with Gasteiger partial charge in [-0.1, -0.05) is 42.5 Å². The van der Waals surface area contributed by atoms with Gasteiger partial charge < -0.3 is 10.1 Å². The number of sulfone groups is 1. The number of carbonyl (C=O) groups excluding carboxylic acids is 1. The van der Waals surface area contributed by atoms with E-state index in [2.05, 4.69) is 10.2 Å². The average molecular weight is 480 g/mol. The van der Waals surface area contributed by atoms with E-state index in [1.807, 2.05) is 49.4 Å².